The summed E-state index contributed by atoms with van der Waals surface area (Å²) < 4.78 is 46.1. The van der Waals surface area contributed by atoms with E-state index in [1.54, 1.807) is 26.4 Å². The maximum absolute atomic E-state index is 12.5. The molecule has 2 aromatic rings. The first-order chi connectivity index (χ1) is 17.7. The van der Waals surface area contributed by atoms with Crippen molar-refractivity contribution in [1.82, 2.24) is 0 Å². The molecule has 202 valence electrons. The number of Topliss-reactive ketones (excluding diaryl/α,β-unsaturated/α-hetero) is 1. The third-order valence-electron chi connectivity index (χ3n) is 5.90. The second-order valence-corrected chi connectivity index (χ2v) is 10.5. The van der Waals surface area contributed by atoms with Crippen LogP contribution < -0.4 is 9.47 Å². The molecule has 0 bridgehead atoms. The maximum Gasteiger partial charge on any atom is 0.296 e. The van der Waals surface area contributed by atoms with Crippen molar-refractivity contribution in [3.05, 3.63) is 71.8 Å². The predicted molar refractivity (Wildman–Crippen MR) is 145 cm³/mol. The summed E-state index contributed by atoms with van der Waals surface area (Å²) in [5.74, 6) is 1.26. The van der Waals surface area contributed by atoms with Crippen LogP contribution in [0, 0.1) is 12.8 Å². The number of ketones is 1. The van der Waals surface area contributed by atoms with Crippen molar-refractivity contribution in [2.75, 3.05) is 27.9 Å². The Kier molecular flexibility index (Phi) is 12.6. The van der Waals surface area contributed by atoms with Gasteiger partial charge in [-0.1, -0.05) is 48.9 Å². The summed E-state index contributed by atoms with van der Waals surface area (Å²) >= 11 is 0. The number of carbonyl (C=O) groups is 1. The van der Waals surface area contributed by atoms with E-state index in [1.807, 2.05) is 56.4 Å². The van der Waals surface area contributed by atoms with Gasteiger partial charge in [-0.2, -0.15) is 8.42 Å². The Morgan fingerprint density at radius 3 is 2.22 bits per heavy atom. The van der Waals surface area contributed by atoms with Crippen LogP contribution in [0.1, 0.15) is 43.7 Å². The fraction of sp³-hybridized carbons (Fsp3) is 0.414. The van der Waals surface area contributed by atoms with Crippen LogP contribution in [-0.4, -0.2) is 48.2 Å². The predicted octanol–water partition coefficient (Wildman–Crippen LogP) is 5.77. The van der Waals surface area contributed by atoms with Crippen molar-refractivity contribution in [3.63, 3.8) is 0 Å². The largest absolute Gasteiger partial charge is 0.497 e. The number of hydrogen-bond acceptors (Lipinski definition) is 7. The Balaban J connectivity index is 1.74. The zero-order valence-corrected chi connectivity index (χ0v) is 23.1. The molecule has 0 saturated heterocycles. The number of benzene rings is 2. The lowest BCUT2D eigenvalue weighted by Crippen LogP contribution is -2.28. The number of aryl methyl sites for hydroxylation is 1. The van der Waals surface area contributed by atoms with Gasteiger partial charge in [0, 0.05) is 31.9 Å². The van der Waals surface area contributed by atoms with Crippen molar-refractivity contribution in [3.8, 4) is 11.5 Å². The summed E-state index contributed by atoms with van der Waals surface area (Å²) in [7, 11) is 0.895. The summed E-state index contributed by atoms with van der Waals surface area (Å²) in [5.41, 5.74) is 1.93. The highest BCUT2D eigenvalue weighted by Gasteiger charge is 2.23. The summed E-state index contributed by atoms with van der Waals surface area (Å²) in [6.07, 6.45) is 9.56. The summed E-state index contributed by atoms with van der Waals surface area (Å²) in [6, 6.07) is 12.1. The van der Waals surface area contributed by atoms with Crippen LogP contribution in [0.3, 0.4) is 0 Å². The molecule has 2 atom stereocenters. The standard InChI is InChI=1S/C29H38O7S/c1-22-13-15-28(16-14-22)37(31,32)36-21-23(2)29(35-5)19-25(30)12-10-8-6-7-9-11-24-17-26(33-3)20-27(18-24)34-4/h6-7,9,11,13-18,20,23,29H,8,10,12,19,21H2,1-5H3/b7-6+,11-9+/t23-,29?/m0/s1. The Bertz CT molecular complexity index is 1130. The molecular formula is C29H38O7S. The van der Waals surface area contributed by atoms with Gasteiger partial charge in [0.15, 0.2) is 0 Å². The zero-order chi connectivity index (χ0) is 27.3. The molecule has 37 heavy (non-hydrogen) atoms. The van der Waals surface area contributed by atoms with Gasteiger partial charge in [-0.25, -0.2) is 0 Å². The average Bonchev–Trinajstić information content (AvgIpc) is 2.89. The smallest absolute Gasteiger partial charge is 0.296 e. The minimum Gasteiger partial charge on any atom is -0.497 e. The van der Waals surface area contributed by atoms with Crippen molar-refractivity contribution < 1.29 is 31.6 Å². The number of ether oxygens (including phenoxy) is 3. The summed E-state index contributed by atoms with van der Waals surface area (Å²) in [5, 5.41) is 0. The Hall–Kier alpha value is -2.94. The number of hydrogen-bond donors (Lipinski definition) is 0. The minimum absolute atomic E-state index is 0.0593. The molecule has 7 nitrogen and oxygen atoms in total. The van der Waals surface area contributed by atoms with E-state index in [4.69, 9.17) is 18.4 Å². The average molecular weight is 531 g/mol. The first kappa shape index (κ1) is 30.3. The molecule has 0 saturated carbocycles. The van der Waals surface area contributed by atoms with Crippen molar-refractivity contribution in [2.45, 2.75) is 50.5 Å². The molecule has 0 amide bonds. The molecule has 0 heterocycles. The third kappa shape index (κ3) is 10.5. The number of unbranched alkanes of at least 4 members (excludes halogenated alkanes) is 1. The van der Waals surface area contributed by atoms with E-state index in [-0.39, 0.29) is 29.6 Å². The van der Waals surface area contributed by atoms with Crippen molar-refractivity contribution >= 4 is 22.0 Å². The lowest BCUT2D eigenvalue weighted by molar-refractivity contribution is -0.122. The molecule has 0 aliphatic rings. The lowest BCUT2D eigenvalue weighted by atomic mass is 9.98. The van der Waals surface area contributed by atoms with E-state index in [1.165, 1.54) is 19.2 Å². The molecule has 0 spiro atoms. The van der Waals surface area contributed by atoms with Gasteiger partial charge in [0.25, 0.3) is 10.1 Å². The number of allylic oxidation sites excluding steroid dienone is 3. The topological polar surface area (TPSA) is 88.1 Å². The number of methoxy groups -OCH3 is 3. The molecule has 0 aromatic heterocycles. The first-order valence-corrected chi connectivity index (χ1v) is 13.7. The van der Waals surface area contributed by atoms with Crippen LogP contribution in [0.2, 0.25) is 0 Å². The molecule has 0 aliphatic heterocycles. The Morgan fingerprint density at radius 1 is 0.973 bits per heavy atom. The number of carbonyl (C=O) groups excluding carboxylic acids is 1. The highest BCUT2D eigenvalue weighted by molar-refractivity contribution is 7.86. The molecule has 1 unspecified atom stereocenters. The van der Waals surface area contributed by atoms with E-state index in [0.717, 1.165) is 35.5 Å². The second kappa shape index (κ2) is 15.3. The molecule has 0 N–H and O–H groups in total. The fourth-order valence-corrected chi connectivity index (χ4v) is 4.60. The van der Waals surface area contributed by atoms with Gasteiger partial charge >= 0.3 is 0 Å². The second-order valence-electron chi connectivity index (χ2n) is 8.87. The summed E-state index contributed by atoms with van der Waals surface area (Å²) in [4.78, 5) is 12.6. The van der Waals surface area contributed by atoms with Gasteiger partial charge in [0.2, 0.25) is 0 Å². The van der Waals surface area contributed by atoms with Crippen LogP contribution in [0.15, 0.2) is 65.6 Å². The van der Waals surface area contributed by atoms with Gasteiger partial charge in [-0.3, -0.25) is 8.98 Å². The van der Waals surface area contributed by atoms with Gasteiger partial charge in [0.1, 0.15) is 17.3 Å². The normalized spacial score (nSPS) is 13.6. The van der Waals surface area contributed by atoms with Gasteiger partial charge < -0.3 is 14.2 Å². The molecule has 0 radical (unpaired) electrons. The molecule has 8 heteroatoms. The van der Waals surface area contributed by atoms with E-state index < -0.39 is 16.2 Å². The first-order valence-electron chi connectivity index (χ1n) is 12.3. The van der Waals surface area contributed by atoms with E-state index >= 15 is 0 Å². The quantitative estimate of drug-likeness (QED) is 0.155. The molecular weight excluding hydrogens is 492 g/mol. The summed E-state index contributed by atoms with van der Waals surface area (Å²) in [6.45, 7) is 3.64. The zero-order valence-electron chi connectivity index (χ0n) is 22.3. The van der Waals surface area contributed by atoms with Crippen LogP contribution >= 0.6 is 0 Å². The van der Waals surface area contributed by atoms with E-state index in [2.05, 4.69) is 0 Å². The van der Waals surface area contributed by atoms with Crippen LogP contribution in [0.25, 0.3) is 6.08 Å². The van der Waals surface area contributed by atoms with Gasteiger partial charge in [0.05, 0.1) is 31.8 Å². The van der Waals surface area contributed by atoms with Gasteiger partial charge in [-0.15, -0.1) is 0 Å². The monoisotopic (exact) mass is 530 g/mol. The SMILES string of the molecule is COc1cc(/C=C/C=C/CCCC(=O)CC(OC)[C@@H](C)COS(=O)(=O)c2ccc(C)cc2)cc(OC)c1. The molecule has 2 rings (SSSR count). The van der Waals surface area contributed by atoms with Crippen LogP contribution in [0.4, 0.5) is 0 Å². The molecule has 0 aliphatic carbocycles. The number of rotatable bonds is 16. The van der Waals surface area contributed by atoms with E-state index in [9.17, 15) is 13.2 Å². The Morgan fingerprint density at radius 2 is 1.62 bits per heavy atom. The highest BCUT2D eigenvalue weighted by atomic mass is 32.2. The highest BCUT2D eigenvalue weighted by Crippen LogP contribution is 2.23. The van der Waals surface area contributed by atoms with Crippen molar-refractivity contribution in [1.29, 1.82) is 0 Å². The van der Waals surface area contributed by atoms with E-state index in [0.29, 0.717) is 6.42 Å². The maximum atomic E-state index is 12.5. The molecule has 2 aromatic carbocycles. The fourth-order valence-electron chi connectivity index (χ4n) is 3.60. The Labute approximate surface area is 221 Å². The lowest BCUT2D eigenvalue weighted by Gasteiger charge is -2.22. The van der Waals surface area contributed by atoms with Gasteiger partial charge in [-0.05, 0) is 49.6 Å². The molecule has 0 fully saturated rings. The van der Waals surface area contributed by atoms with Crippen LogP contribution in [0.5, 0.6) is 11.5 Å². The van der Waals surface area contributed by atoms with Crippen LogP contribution in [-0.2, 0) is 23.8 Å². The van der Waals surface area contributed by atoms with Crippen molar-refractivity contribution in [2.24, 2.45) is 5.92 Å². The third-order valence-corrected chi connectivity index (χ3v) is 7.19. The minimum atomic E-state index is -3.86.